The number of hydrogen-bond acceptors (Lipinski definition) is 3. The molecule has 1 N–H and O–H groups in total. The quantitative estimate of drug-likeness (QED) is 0.663. The Kier molecular flexibility index (Phi) is 4.62. The summed E-state index contributed by atoms with van der Waals surface area (Å²) in [5.74, 6) is -0.137. The number of ether oxygens (including phenoxy) is 1. The van der Waals surface area contributed by atoms with Crippen LogP contribution in [0.25, 0.3) is 0 Å². The lowest BCUT2D eigenvalue weighted by molar-refractivity contribution is -0.121. The maximum Gasteiger partial charge on any atom is 0.244 e. The summed E-state index contributed by atoms with van der Waals surface area (Å²) < 4.78 is 5.31. The third-order valence-electron chi connectivity index (χ3n) is 2.24. The fraction of sp³-hybridized carbons (Fsp3) is 0.700. The topological polar surface area (TPSA) is 41.6 Å². The maximum absolute atomic E-state index is 11.1. The second-order valence-corrected chi connectivity index (χ2v) is 3.34. The lowest BCUT2D eigenvalue weighted by Gasteiger charge is -2.35. The molecule has 1 saturated heterocycles. The average Bonchev–Trinajstić information content (AvgIpc) is 2.21. The van der Waals surface area contributed by atoms with Crippen molar-refractivity contribution >= 4 is 5.91 Å². The van der Waals surface area contributed by atoms with E-state index in [4.69, 9.17) is 4.74 Å². The summed E-state index contributed by atoms with van der Waals surface area (Å²) in [7, 11) is 0. The van der Waals surface area contributed by atoms with E-state index in [0.29, 0.717) is 6.61 Å². The van der Waals surface area contributed by atoms with E-state index in [0.717, 1.165) is 26.1 Å². The molecular formula is C10H18N2O2. The Morgan fingerprint density at radius 2 is 2.57 bits per heavy atom. The monoisotopic (exact) mass is 198 g/mol. The predicted molar refractivity (Wildman–Crippen MR) is 54.8 cm³/mol. The highest BCUT2D eigenvalue weighted by Gasteiger charge is 2.22. The van der Waals surface area contributed by atoms with Gasteiger partial charge in [-0.15, -0.1) is 0 Å². The average molecular weight is 198 g/mol. The Morgan fingerprint density at radius 3 is 3.21 bits per heavy atom. The molecule has 0 radical (unpaired) electrons. The molecule has 14 heavy (non-hydrogen) atoms. The van der Waals surface area contributed by atoms with Gasteiger partial charge in [-0.3, -0.25) is 9.69 Å². The van der Waals surface area contributed by atoms with Gasteiger partial charge in [-0.25, -0.2) is 0 Å². The first-order valence-electron chi connectivity index (χ1n) is 5.02. The Labute approximate surface area is 84.9 Å². The molecule has 0 spiro atoms. The van der Waals surface area contributed by atoms with Crippen LogP contribution in [0, 0.1) is 0 Å². The molecular weight excluding hydrogens is 180 g/mol. The van der Waals surface area contributed by atoms with Crippen LogP contribution in [0.2, 0.25) is 0 Å². The number of rotatable bonds is 4. The minimum atomic E-state index is -0.137. The van der Waals surface area contributed by atoms with Crippen LogP contribution in [-0.2, 0) is 9.53 Å². The molecule has 1 atom stereocenters. The van der Waals surface area contributed by atoms with Crippen LogP contribution >= 0.6 is 0 Å². The highest BCUT2D eigenvalue weighted by Crippen LogP contribution is 2.04. The summed E-state index contributed by atoms with van der Waals surface area (Å²) in [6.45, 7) is 8.75. The standard InChI is InChI=1S/C10H18N2O2/c1-3-5-12-6-7-14-8-9(12)11-10(13)4-2/h4,9H,2-3,5-8H2,1H3,(H,11,13). The van der Waals surface area contributed by atoms with E-state index in [1.807, 2.05) is 0 Å². The number of carbonyl (C=O) groups excluding carboxylic acids is 1. The Hall–Kier alpha value is -0.870. The molecule has 1 aliphatic rings. The van der Waals surface area contributed by atoms with Crippen molar-refractivity contribution in [2.24, 2.45) is 0 Å². The second-order valence-electron chi connectivity index (χ2n) is 3.34. The van der Waals surface area contributed by atoms with E-state index in [2.05, 4.69) is 23.7 Å². The van der Waals surface area contributed by atoms with Crippen molar-refractivity contribution in [3.63, 3.8) is 0 Å². The molecule has 0 bridgehead atoms. The number of morpholine rings is 1. The smallest absolute Gasteiger partial charge is 0.244 e. The highest BCUT2D eigenvalue weighted by atomic mass is 16.5. The molecule has 1 aliphatic heterocycles. The summed E-state index contributed by atoms with van der Waals surface area (Å²) in [5.41, 5.74) is 0. The first kappa shape index (κ1) is 11.2. The molecule has 1 heterocycles. The maximum atomic E-state index is 11.1. The molecule has 1 fully saturated rings. The highest BCUT2D eigenvalue weighted by molar-refractivity contribution is 5.87. The van der Waals surface area contributed by atoms with Crippen LogP contribution in [0.15, 0.2) is 12.7 Å². The van der Waals surface area contributed by atoms with Crippen LogP contribution in [0.1, 0.15) is 13.3 Å². The molecule has 4 nitrogen and oxygen atoms in total. The van der Waals surface area contributed by atoms with Crippen molar-refractivity contribution in [3.05, 3.63) is 12.7 Å². The van der Waals surface area contributed by atoms with Gasteiger partial charge in [0.25, 0.3) is 0 Å². The number of nitrogens with one attached hydrogen (secondary N) is 1. The lowest BCUT2D eigenvalue weighted by atomic mass is 10.3. The van der Waals surface area contributed by atoms with Gasteiger partial charge in [0.05, 0.1) is 13.2 Å². The van der Waals surface area contributed by atoms with Crippen molar-refractivity contribution < 1.29 is 9.53 Å². The summed E-state index contributed by atoms with van der Waals surface area (Å²) in [6, 6.07) is 0. The molecule has 0 aromatic heterocycles. The molecule has 4 heteroatoms. The first-order valence-corrected chi connectivity index (χ1v) is 5.02. The zero-order chi connectivity index (χ0) is 10.4. The van der Waals surface area contributed by atoms with E-state index in [1.165, 1.54) is 6.08 Å². The minimum Gasteiger partial charge on any atom is -0.377 e. The van der Waals surface area contributed by atoms with E-state index < -0.39 is 0 Å². The third kappa shape index (κ3) is 3.12. The number of hydrogen-bond donors (Lipinski definition) is 1. The SMILES string of the molecule is C=CC(=O)NC1COCCN1CCC. The van der Waals surface area contributed by atoms with E-state index in [1.54, 1.807) is 0 Å². The fourth-order valence-corrected chi connectivity index (χ4v) is 1.55. The first-order chi connectivity index (χ1) is 6.77. The normalized spacial score (nSPS) is 23.1. The molecule has 1 rings (SSSR count). The largest absolute Gasteiger partial charge is 0.377 e. The van der Waals surface area contributed by atoms with Crippen LogP contribution in [-0.4, -0.2) is 43.3 Å². The van der Waals surface area contributed by atoms with Crippen LogP contribution in [0.5, 0.6) is 0 Å². The van der Waals surface area contributed by atoms with Gasteiger partial charge in [0.15, 0.2) is 0 Å². The summed E-state index contributed by atoms with van der Waals surface area (Å²) in [6.07, 6.45) is 2.38. The summed E-state index contributed by atoms with van der Waals surface area (Å²) in [5, 5.41) is 2.85. The lowest BCUT2D eigenvalue weighted by Crippen LogP contribution is -2.54. The zero-order valence-electron chi connectivity index (χ0n) is 8.66. The van der Waals surface area contributed by atoms with Gasteiger partial charge in [-0.2, -0.15) is 0 Å². The van der Waals surface area contributed by atoms with Crippen LogP contribution < -0.4 is 5.32 Å². The summed E-state index contributed by atoms with van der Waals surface area (Å²) in [4.78, 5) is 13.3. The molecule has 1 unspecified atom stereocenters. The van der Waals surface area contributed by atoms with Gasteiger partial charge in [0, 0.05) is 6.54 Å². The van der Waals surface area contributed by atoms with Gasteiger partial charge in [0.1, 0.15) is 6.17 Å². The Morgan fingerprint density at radius 1 is 1.79 bits per heavy atom. The van der Waals surface area contributed by atoms with Gasteiger partial charge >= 0.3 is 0 Å². The number of carbonyl (C=O) groups is 1. The van der Waals surface area contributed by atoms with Crippen LogP contribution in [0.3, 0.4) is 0 Å². The van der Waals surface area contributed by atoms with Crippen molar-refractivity contribution in [1.29, 1.82) is 0 Å². The van der Waals surface area contributed by atoms with Crippen LogP contribution in [0.4, 0.5) is 0 Å². The van der Waals surface area contributed by atoms with E-state index >= 15 is 0 Å². The van der Waals surface area contributed by atoms with Crippen molar-refractivity contribution in [2.45, 2.75) is 19.5 Å². The van der Waals surface area contributed by atoms with Gasteiger partial charge in [0.2, 0.25) is 5.91 Å². The van der Waals surface area contributed by atoms with Gasteiger partial charge in [-0.05, 0) is 19.0 Å². The van der Waals surface area contributed by atoms with Gasteiger partial charge < -0.3 is 10.1 Å². The molecule has 0 aliphatic carbocycles. The molecule has 0 aromatic rings. The number of amides is 1. The predicted octanol–water partition coefficient (Wildman–Crippen LogP) is 0.357. The Balaban J connectivity index is 2.44. The van der Waals surface area contributed by atoms with Crippen molar-refractivity contribution in [2.75, 3.05) is 26.3 Å². The van der Waals surface area contributed by atoms with Crippen molar-refractivity contribution in [1.82, 2.24) is 10.2 Å². The molecule has 0 saturated carbocycles. The minimum absolute atomic E-state index is 0.00852. The fourth-order valence-electron chi connectivity index (χ4n) is 1.55. The van der Waals surface area contributed by atoms with Crippen molar-refractivity contribution in [3.8, 4) is 0 Å². The summed E-state index contributed by atoms with van der Waals surface area (Å²) >= 11 is 0. The van der Waals surface area contributed by atoms with Gasteiger partial charge in [-0.1, -0.05) is 13.5 Å². The molecule has 0 aromatic carbocycles. The molecule has 80 valence electrons. The van der Waals surface area contributed by atoms with E-state index in [-0.39, 0.29) is 12.1 Å². The number of nitrogens with zero attached hydrogens (tertiary/aromatic N) is 1. The Bertz CT molecular complexity index is 204. The zero-order valence-corrected chi connectivity index (χ0v) is 8.66. The molecule has 1 amide bonds. The second kappa shape index (κ2) is 5.78. The van der Waals surface area contributed by atoms with E-state index in [9.17, 15) is 4.79 Å². The third-order valence-corrected chi connectivity index (χ3v) is 2.24.